The lowest BCUT2D eigenvalue weighted by atomic mass is 10.2. The quantitative estimate of drug-likeness (QED) is 0.319. The zero-order chi connectivity index (χ0) is 9.84. The molecule has 6 nitrogen and oxygen atoms in total. The summed E-state index contributed by atoms with van der Waals surface area (Å²) in [7, 11) is 0. The van der Waals surface area contributed by atoms with Crippen molar-refractivity contribution in [3.63, 3.8) is 0 Å². The standard InChI is InChI=1S/C7H8N2O4/c10-4-5-1-2-8-6(3-5)7(11)9(12)13/h1-3,8,10-11H,4H2. The van der Waals surface area contributed by atoms with Crippen LogP contribution in [0.15, 0.2) is 35.5 Å². The van der Waals surface area contributed by atoms with Crippen LogP contribution in [-0.4, -0.2) is 21.7 Å². The Bertz CT molecular complexity index is 316. The third-order valence-electron chi connectivity index (χ3n) is 1.46. The van der Waals surface area contributed by atoms with Crippen molar-refractivity contribution < 1.29 is 15.1 Å². The summed E-state index contributed by atoms with van der Waals surface area (Å²) in [5, 5.41) is 30.3. The fourth-order valence-electron chi connectivity index (χ4n) is 0.839. The molecule has 6 heteroatoms. The molecule has 0 aromatic carbocycles. The van der Waals surface area contributed by atoms with Crippen LogP contribution in [0.3, 0.4) is 0 Å². The molecule has 1 aliphatic heterocycles. The van der Waals surface area contributed by atoms with Gasteiger partial charge in [0.05, 0.1) is 6.61 Å². The summed E-state index contributed by atoms with van der Waals surface area (Å²) in [6.07, 6.45) is 4.26. The van der Waals surface area contributed by atoms with E-state index in [1.165, 1.54) is 12.3 Å². The molecule has 1 aliphatic rings. The van der Waals surface area contributed by atoms with Crippen LogP contribution in [0.1, 0.15) is 0 Å². The summed E-state index contributed by atoms with van der Waals surface area (Å²) in [4.78, 5) is 9.23. The molecule has 0 spiro atoms. The maximum atomic E-state index is 10.1. The van der Waals surface area contributed by atoms with Gasteiger partial charge in [0.15, 0.2) is 5.70 Å². The van der Waals surface area contributed by atoms with Gasteiger partial charge in [-0.1, -0.05) is 0 Å². The van der Waals surface area contributed by atoms with Crippen molar-refractivity contribution >= 4 is 0 Å². The fourth-order valence-corrected chi connectivity index (χ4v) is 0.839. The Morgan fingerprint density at radius 1 is 1.69 bits per heavy atom. The fraction of sp³-hybridized carbons (Fsp3) is 0.143. The Morgan fingerprint density at radius 2 is 2.38 bits per heavy atom. The van der Waals surface area contributed by atoms with Crippen LogP contribution >= 0.6 is 0 Å². The molecule has 0 fully saturated rings. The van der Waals surface area contributed by atoms with Gasteiger partial charge in [0.1, 0.15) is 4.92 Å². The van der Waals surface area contributed by atoms with Gasteiger partial charge in [-0.2, -0.15) is 0 Å². The Kier molecular flexibility index (Phi) is 2.65. The van der Waals surface area contributed by atoms with E-state index in [-0.39, 0.29) is 12.3 Å². The van der Waals surface area contributed by atoms with Gasteiger partial charge in [-0.25, -0.2) is 0 Å². The molecule has 0 unspecified atom stereocenters. The zero-order valence-corrected chi connectivity index (χ0v) is 6.60. The molecular formula is C7H8N2O4. The first-order valence-corrected chi connectivity index (χ1v) is 3.47. The summed E-state index contributed by atoms with van der Waals surface area (Å²) in [6.45, 7) is -0.229. The first-order valence-electron chi connectivity index (χ1n) is 3.47. The first-order chi connectivity index (χ1) is 6.15. The van der Waals surface area contributed by atoms with E-state index in [2.05, 4.69) is 5.32 Å². The maximum absolute atomic E-state index is 10.1. The second kappa shape index (κ2) is 3.72. The van der Waals surface area contributed by atoms with Crippen LogP contribution in [0.5, 0.6) is 0 Å². The molecule has 0 radical (unpaired) electrons. The van der Waals surface area contributed by atoms with Crippen LogP contribution < -0.4 is 5.32 Å². The highest BCUT2D eigenvalue weighted by molar-refractivity contribution is 5.34. The average Bonchev–Trinajstić information content (AvgIpc) is 2.16. The van der Waals surface area contributed by atoms with Crippen LogP contribution in [0.2, 0.25) is 0 Å². The lowest BCUT2D eigenvalue weighted by molar-refractivity contribution is -0.460. The molecule has 0 aromatic rings. The molecular weight excluding hydrogens is 176 g/mol. The van der Waals surface area contributed by atoms with Gasteiger partial charge in [-0.05, 0) is 17.7 Å². The Hall–Kier alpha value is -1.82. The van der Waals surface area contributed by atoms with Crippen molar-refractivity contribution in [2.75, 3.05) is 6.61 Å². The van der Waals surface area contributed by atoms with Gasteiger partial charge < -0.3 is 15.5 Å². The molecule has 1 rings (SSSR count). The zero-order valence-electron chi connectivity index (χ0n) is 6.60. The first kappa shape index (κ1) is 9.27. The molecule has 0 saturated carbocycles. The summed E-state index contributed by atoms with van der Waals surface area (Å²) >= 11 is 0. The van der Waals surface area contributed by atoms with Gasteiger partial charge in [0.25, 0.3) is 0 Å². The minimum Gasteiger partial charge on any atom is -0.454 e. The van der Waals surface area contributed by atoms with Gasteiger partial charge in [-0.15, -0.1) is 0 Å². The number of nitrogens with zero attached hydrogens (tertiary/aromatic N) is 1. The van der Waals surface area contributed by atoms with Gasteiger partial charge >= 0.3 is 5.88 Å². The second-order valence-corrected chi connectivity index (χ2v) is 2.35. The summed E-state index contributed by atoms with van der Waals surface area (Å²) in [5.41, 5.74) is 0.457. The predicted octanol–water partition coefficient (Wildman–Crippen LogP) is 0.0258. The lowest BCUT2D eigenvalue weighted by Crippen LogP contribution is -2.14. The van der Waals surface area contributed by atoms with E-state index in [0.29, 0.717) is 5.57 Å². The van der Waals surface area contributed by atoms with Gasteiger partial charge in [0, 0.05) is 6.20 Å². The van der Waals surface area contributed by atoms with Crippen molar-refractivity contribution in [1.29, 1.82) is 0 Å². The minimum atomic E-state index is -0.963. The maximum Gasteiger partial charge on any atom is 0.449 e. The van der Waals surface area contributed by atoms with E-state index in [4.69, 9.17) is 10.2 Å². The molecule has 0 aliphatic carbocycles. The van der Waals surface area contributed by atoms with E-state index >= 15 is 0 Å². The van der Waals surface area contributed by atoms with Crippen molar-refractivity contribution in [2.45, 2.75) is 0 Å². The highest BCUT2D eigenvalue weighted by atomic mass is 16.7. The molecule has 1 heterocycles. The average molecular weight is 184 g/mol. The molecule has 0 bridgehead atoms. The third kappa shape index (κ3) is 2.06. The largest absolute Gasteiger partial charge is 0.454 e. The predicted molar refractivity (Wildman–Crippen MR) is 44.1 cm³/mol. The minimum absolute atomic E-state index is 0.0310. The number of aliphatic hydroxyl groups is 2. The number of aliphatic hydroxyl groups excluding tert-OH is 2. The van der Waals surface area contributed by atoms with E-state index < -0.39 is 10.8 Å². The molecule has 0 amide bonds. The molecule has 13 heavy (non-hydrogen) atoms. The van der Waals surface area contributed by atoms with Crippen molar-refractivity contribution in [1.82, 2.24) is 5.32 Å². The summed E-state index contributed by atoms with van der Waals surface area (Å²) in [5.74, 6) is -0.963. The highest BCUT2D eigenvalue weighted by Gasteiger charge is 2.16. The Morgan fingerprint density at radius 3 is 2.92 bits per heavy atom. The van der Waals surface area contributed by atoms with Crippen molar-refractivity contribution in [3.05, 3.63) is 45.6 Å². The van der Waals surface area contributed by atoms with E-state index in [1.807, 2.05) is 0 Å². The number of allylic oxidation sites excluding steroid dienone is 1. The summed E-state index contributed by atoms with van der Waals surface area (Å²) in [6, 6.07) is 0. The van der Waals surface area contributed by atoms with Crippen LogP contribution in [0.25, 0.3) is 0 Å². The topological polar surface area (TPSA) is 95.6 Å². The van der Waals surface area contributed by atoms with Crippen LogP contribution in [0, 0.1) is 10.1 Å². The number of nitrogens with one attached hydrogen (secondary N) is 1. The Labute approximate surface area is 73.6 Å². The number of dihydropyridines is 1. The van der Waals surface area contributed by atoms with E-state index in [9.17, 15) is 10.1 Å². The SMILES string of the molecule is O=[N+]([O-])C(O)=C1C=C(CO)C=CN1. The number of nitro groups is 1. The summed E-state index contributed by atoms with van der Waals surface area (Å²) < 4.78 is 0. The molecule has 0 saturated heterocycles. The normalized spacial score (nSPS) is 19.0. The number of hydrogen-bond donors (Lipinski definition) is 3. The van der Waals surface area contributed by atoms with Crippen LogP contribution in [-0.2, 0) is 0 Å². The highest BCUT2D eigenvalue weighted by Crippen LogP contribution is 2.09. The third-order valence-corrected chi connectivity index (χ3v) is 1.46. The number of rotatable bonds is 2. The van der Waals surface area contributed by atoms with E-state index in [1.54, 1.807) is 6.08 Å². The lowest BCUT2D eigenvalue weighted by Gasteiger charge is -2.07. The molecule has 3 N–H and O–H groups in total. The van der Waals surface area contributed by atoms with Crippen molar-refractivity contribution in [2.24, 2.45) is 0 Å². The van der Waals surface area contributed by atoms with Crippen LogP contribution in [0.4, 0.5) is 0 Å². The van der Waals surface area contributed by atoms with Gasteiger partial charge in [0.2, 0.25) is 0 Å². The molecule has 0 atom stereocenters. The number of hydrogen-bond acceptors (Lipinski definition) is 5. The Balaban J connectivity index is 2.97. The second-order valence-electron chi connectivity index (χ2n) is 2.35. The van der Waals surface area contributed by atoms with Crippen molar-refractivity contribution in [3.8, 4) is 0 Å². The van der Waals surface area contributed by atoms with E-state index in [0.717, 1.165) is 0 Å². The van der Waals surface area contributed by atoms with Gasteiger partial charge in [-0.3, -0.25) is 10.1 Å². The smallest absolute Gasteiger partial charge is 0.449 e. The molecule has 0 aromatic heterocycles. The monoisotopic (exact) mass is 184 g/mol. The molecule has 70 valence electrons.